The van der Waals surface area contributed by atoms with Crippen LogP contribution in [0.1, 0.15) is 43.0 Å². The Labute approximate surface area is 181 Å². The van der Waals surface area contributed by atoms with Gasteiger partial charge in [0.2, 0.25) is 0 Å². The number of nitrogens with zero attached hydrogens (tertiary/aromatic N) is 1. The fraction of sp³-hybridized carbons (Fsp3) is 0.333. The molecule has 6 heteroatoms. The molecule has 0 aliphatic carbocycles. The van der Waals surface area contributed by atoms with Crippen LogP contribution in [-0.2, 0) is 14.3 Å². The molecular weight excluding hydrogens is 402 g/mol. The van der Waals surface area contributed by atoms with Crippen molar-refractivity contribution < 1.29 is 19.4 Å². The van der Waals surface area contributed by atoms with E-state index in [1.807, 2.05) is 45.0 Å². The first kappa shape index (κ1) is 22.1. The zero-order chi connectivity index (χ0) is 21.8. The second kappa shape index (κ2) is 9.45. The number of ether oxygens (including phenoxy) is 1. The van der Waals surface area contributed by atoms with Gasteiger partial charge in [0.1, 0.15) is 5.76 Å². The van der Waals surface area contributed by atoms with Gasteiger partial charge in [-0.15, -0.1) is 0 Å². The Balaban J connectivity index is 2.06. The summed E-state index contributed by atoms with van der Waals surface area (Å²) in [6.07, 6.45) is 0.681. The van der Waals surface area contributed by atoms with Crippen LogP contribution in [0.3, 0.4) is 0 Å². The van der Waals surface area contributed by atoms with Crippen molar-refractivity contribution in [3.63, 3.8) is 0 Å². The van der Waals surface area contributed by atoms with Gasteiger partial charge in [-0.2, -0.15) is 0 Å². The molecule has 1 fully saturated rings. The molecule has 1 saturated heterocycles. The van der Waals surface area contributed by atoms with Gasteiger partial charge in [0.25, 0.3) is 11.7 Å². The molecule has 1 atom stereocenters. The molecule has 30 heavy (non-hydrogen) atoms. The molecule has 1 heterocycles. The van der Waals surface area contributed by atoms with E-state index in [1.54, 1.807) is 24.3 Å². The molecule has 158 valence electrons. The van der Waals surface area contributed by atoms with E-state index in [1.165, 1.54) is 4.90 Å². The van der Waals surface area contributed by atoms with Gasteiger partial charge in [-0.25, -0.2) is 0 Å². The SMILES string of the molecule is Cc1ccccc1C1/C(=C(\O)c2cccc(Cl)c2)C(=O)C(=O)N1CCCOC(C)C. The van der Waals surface area contributed by atoms with Gasteiger partial charge in [0.15, 0.2) is 0 Å². The molecule has 0 aromatic heterocycles. The first-order valence-corrected chi connectivity index (χ1v) is 10.4. The molecular formula is C24H26ClNO4. The van der Waals surface area contributed by atoms with Crippen LogP contribution in [0, 0.1) is 6.92 Å². The summed E-state index contributed by atoms with van der Waals surface area (Å²) >= 11 is 6.07. The van der Waals surface area contributed by atoms with Crippen LogP contribution in [0.15, 0.2) is 54.1 Å². The Hall–Kier alpha value is -2.63. The van der Waals surface area contributed by atoms with Crippen molar-refractivity contribution in [3.05, 3.63) is 75.8 Å². The number of amides is 1. The maximum absolute atomic E-state index is 13.0. The van der Waals surface area contributed by atoms with E-state index in [9.17, 15) is 14.7 Å². The smallest absolute Gasteiger partial charge is 0.295 e. The van der Waals surface area contributed by atoms with Gasteiger partial charge < -0.3 is 14.7 Å². The molecule has 0 spiro atoms. The third-order valence-electron chi connectivity index (χ3n) is 5.12. The van der Waals surface area contributed by atoms with Gasteiger partial charge in [-0.3, -0.25) is 9.59 Å². The summed E-state index contributed by atoms with van der Waals surface area (Å²) in [4.78, 5) is 27.4. The Morgan fingerprint density at radius 3 is 2.57 bits per heavy atom. The number of halogens is 1. The summed E-state index contributed by atoms with van der Waals surface area (Å²) in [7, 11) is 0. The third-order valence-corrected chi connectivity index (χ3v) is 5.35. The third kappa shape index (κ3) is 4.58. The standard InChI is InChI=1S/C24H26ClNO4/c1-15(2)30-13-7-12-26-21(19-11-5-4-8-16(19)3)20(23(28)24(26)29)22(27)17-9-6-10-18(25)14-17/h4-6,8-11,14-15,21,27H,7,12-13H2,1-3H3/b22-20+. The first-order valence-electron chi connectivity index (χ1n) is 10.0. The largest absolute Gasteiger partial charge is 0.507 e. The zero-order valence-corrected chi connectivity index (χ0v) is 18.1. The summed E-state index contributed by atoms with van der Waals surface area (Å²) in [6.45, 7) is 6.66. The van der Waals surface area contributed by atoms with Crippen molar-refractivity contribution in [2.75, 3.05) is 13.2 Å². The summed E-state index contributed by atoms with van der Waals surface area (Å²) in [5.74, 6) is -1.52. The molecule has 0 bridgehead atoms. The summed E-state index contributed by atoms with van der Waals surface area (Å²) < 4.78 is 5.59. The highest BCUT2D eigenvalue weighted by molar-refractivity contribution is 6.46. The number of carbonyl (C=O) groups is 2. The van der Waals surface area contributed by atoms with Gasteiger partial charge in [-0.05, 0) is 50.5 Å². The number of likely N-dealkylation sites (tertiary alicyclic amines) is 1. The lowest BCUT2D eigenvalue weighted by atomic mass is 9.92. The number of hydrogen-bond donors (Lipinski definition) is 1. The van der Waals surface area contributed by atoms with Crippen LogP contribution >= 0.6 is 11.6 Å². The van der Waals surface area contributed by atoms with E-state index in [0.29, 0.717) is 30.2 Å². The quantitative estimate of drug-likeness (QED) is 0.296. The summed E-state index contributed by atoms with van der Waals surface area (Å²) in [5.41, 5.74) is 2.23. The van der Waals surface area contributed by atoms with Crippen molar-refractivity contribution in [1.29, 1.82) is 0 Å². The molecule has 0 radical (unpaired) electrons. The first-order chi connectivity index (χ1) is 14.3. The molecule has 3 rings (SSSR count). The molecule has 0 saturated carbocycles. The molecule has 1 unspecified atom stereocenters. The number of aryl methyl sites for hydroxylation is 1. The normalized spacial score (nSPS) is 18.4. The average Bonchev–Trinajstić information content (AvgIpc) is 2.95. The Bertz CT molecular complexity index is 983. The van der Waals surface area contributed by atoms with Gasteiger partial charge in [-0.1, -0.05) is 48.0 Å². The number of carbonyl (C=O) groups excluding carboxylic acids is 2. The van der Waals surface area contributed by atoms with E-state index in [-0.39, 0.29) is 17.4 Å². The molecule has 1 N–H and O–H groups in total. The number of hydrogen-bond acceptors (Lipinski definition) is 4. The van der Waals surface area contributed by atoms with Gasteiger partial charge in [0, 0.05) is 23.7 Å². The van der Waals surface area contributed by atoms with Crippen LogP contribution in [0.5, 0.6) is 0 Å². The highest BCUT2D eigenvalue weighted by Crippen LogP contribution is 2.40. The minimum atomic E-state index is -0.689. The molecule has 1 amide bonds. The Morgan fingerprint density at radius 2 is 1.90 bits per heavy atom. The minimum absolute atomic E-state index is 0.0846. The van der Waals surface area contributed by atoms with Crippen LogP contribution < -0.4 is 0 Å². The average molecular weight is 428 g/mol. The van der Waals surface area contributed by atoms with Crippen LogP contribution in [0.4, 0.5) is 0 Å². The van der Waals surface area contributed by atoms with E-state index >= 15 is 0 Å². The second-order valence-corrected chi connectivity index (χ2v) is 8.07. The van der Waals surface area contributed by atoms with Crippen LogP contribution in [0.2, 0.25) is 5.02 Å². The summed E-state index contributed by atoms with van der Waals surface area (Å²) in [5, 5.41) is 11.5. The van der Waals surface area contributed by atoms with Crippen LogP contribution in [0.25, 0.3) is 5.76 Å². The van der Waals surface area contributed by atoms with Crippen molar-refractivity contribution in [2.24, 2.45) is 0 Å². The Morgan fingerprint density at radius 1 is 1.17 bits per heavy atom. The predicted octanol–water partition coefficient (Wildman–Crippen LogP) is 4.89. The number of aliphatic hydroxyl groups is 1. The molecule has 1 aliphatic rings. The maximum atomic E-state index is 13.0. The van der Waals surface area contributed by atoms with Crippen molar-refractivity contribution in [3.8, 4) is 0 Å². The molecule has 5 nitrogen and oxygen atoms in total. The second-order valence-electron chi connectivity index (χ2n) is 7.63. The Kier molecular flexibility index (Phi) is 6.95. The molecule has 2 aromatic carbocycles. The van der Waals surface area contributed by atoms with Gasteiger partial charge in [0.05, 0.1) is 17.7 Å². The number of rotatable bonds is 7. The fourth-order valence-corrected chi connectivity index (χ4v) is 3.86. The van der Waals surface area contributed by atoms with E-state index in [4.69, 9.17) is 16.3 Å². The van der Waals surface area contributed by atoms with Crippen molar-refractivity contribution in [1.82, 2.24) is 4.90 Å². The summed E-state index contributed by atoms with van der Waals surface area (Å²) in [6, 6.07) is 13.5. The maximum Gasteiger partial charge on any atom is 0.295 e. The lowest BCUT2D eigenvalue weighted by Gasteiger charge is -2.26. The number of aliphatic hydroxyl groups excluding tert-OH is 1. The minimum Gasteiger partial charge on any atom is -0.507 e. The van der Waals surface area contributed by atoms with Crippen molar-refractivity contribution in [2.45, 2.75) is 39.3 Å². The topological polar surface area (TPSA) is 66.8 Å². The molecule has 2 aromatic rings. The predicted molar refractivity (Wildman–Crippen MR) is 117 cm³/mol. The highest BCUT2D eigenvalue weighted by Gasteiger charge is 2.46. The number of Topliss-reactive ketones (excluding diaryl/α,β-unsaturated/α-hetero) is 1. The lowest BCUT2D eigenvalue weighted by Crippen LogP contribution is -2.31. The monoisotopic (exact) mass is 427 g/mol. The number of benzene rings is 2. The zero-order valence-electron chi connectivity index (χ0n) is 17.4. The van der Waals surface area contributed by atoms with Crippen molar-refractivity contribution >= 4 is 29.1 Å². The van der Waals surface area contributed by atoms with E-state index in [2.05, 4.69) is 0 Å². The lowest BCUT2D eigenvalue weighted by molar-refractivity contribution is -0.140. The molecule has 1 aliphatic heterocycles. The fourth-order valence-electron chi connectivity index (χ4n) is 3.67. The van der Waals surface area contributed by atoms with Gasteiger partial charge >= 0.3 is 0 Å². The van der Waals surface area contributed by atoms with Crippen LogP contribution in [-0.4, -0.2) is 41.0 Å². The highest BCUT2D eigenvalue weighted by atomic mass is 35.5. The van der Waals surface area contributed by atoms with E-state index in [0.717, 1.165) is 11.1 Å². The number of ketones is 1. The van der Waals surface area contributed by atoms with E-state index < -0.39 is 17.7 Å².